The van der Waals surface area contributed by atoms with Gasteiger partial charge in [-0.05, 0) is 77.8 Å². The summed E-state index contributed by atoms with van der Waals surface area (Å²) in [6.07, 6.45) is 11.5. The third kappa shape index (κ3) is 4.42. The van der Waals surface area contributed by atoms with E-state index < -0.39 is 0 Å². The maximum absolute atomic E-state index is 2.67. The molecule has 0 aromatic rings. The Balaban J connectivity index is 1.47. The average Bonchev–Trinajstić information content (AvgIpc) is 2.37. The van der Waals surface area contributed by atoms with Crippen LogP contribution in [0.2, 0.25) is 0 Å². The number of likely N-dealkylation sites (tertiary alicyclic amines) is 2. The molecular formula is C14H28N2. The van der Waals surface area contributed by atoms with Crippen LogP contribution in [0.3, 0.4) is 0 Å². The van der Waals surface area contributed by atoms with E-state index in [9.17, 15) is 0 Å². The van der Waals surface area contributed by atoms with E-state index in [1.54, 1.807) is 0 Å². The lowest BCUT2D eigenvalue weighted by molar-refractivity contribution is 0.202. The summed E-state index contributed by atoms with van der Waals surface area (Å²) < 4.78 is 0. The molecule has 0 unspecified atom stereocenters. The Morgan fingerprint density at radius 3 is 1.25 bits per heavy atom. The molecule has 16 heavy (non-hydrogen) atoms. The predicted molar refractivity (Wildman–Crippen MR) is 69.8 cm³/mol. The number of piperidine rings is 2. The van der Waals surface area contributed by atoms with Crippen molar-refractivity contribution in [2.45, 2.75) is 51.4 Å². The third-order valence-corrected chi connectivity index (χ3v) is 4.10. The molecule has 2 aliphatic heterocycles. The Morgan fingerprint density at radius 1 is 0.500 bits per heavy atom. The van der Waals surface area contributed by atoms with Crippen molar-refractivity contribution in [2.75, 3.05) is 39.3 Å². The molecule has 0 spiro atoms. The van der Waals surface area contributed by atoms with Gasteiger partial charge in [0.25, 0.3) is 0 Å². The van der Waals surface area contributed by atoms with E-state index in [0.717, 1.165) is 0 Å². The highest BCUT2D eigenvalue weighted by Crippen LogP contribution is 2.11. The SMILES string of the molecule is C1CCN(CCCCN2CCCCC2)CC1. The molecular weight excluding hydrogens is 196 g/mol. The number of unbranched alkanes of at least 4 members (excludes halogenated alkanes) is 1. The Bertz CT molecular complexity index is 150. The summed E-state index contributed by atoms with van der Waals surface area (Å²) in [7, 11) is 0. The van der Waals surface area contributed by atoms with E-state index in [1.807, 2.05) is 0 Å². The summed E-state index contributed by atoms with van der Waals surface area (Å²) in [5, 5.41) is 0. The van der Waals surface area contributed by atoms with E-state index in [1.165, 1.54) is 90.6 Å². The molecule has 2 fully saturated rings. The minimum atomic E-state index is 1.36. The van der Waals surface area contributed by atoms with Gasteiger partial charge in [0.2, 0.25) is 0 Å². The van der Waals surface area contributed by atoms with E-state index in [2.05, 4.69) is 9.80 Å². The standard InChI is InChI=1S/C14H28N2/c1-3-9-15(10-4-1)13-7-8-14-16-11-5-2-6-12-16/h1-14H2. The number of hydrogen-bond donors (Lipinski definition) is 0. The van der Waals surface area contributed by atoms with Crippen molar-refractivity contribution in [1.82, 2.24) is 9.80 Å². The summed E-state index contributed by atoms with van der Waals surface area (Å²) >= 11 is 0. The van der Waals surface area contributed by atoms with Crippen molar-refractivity contribution in [3.05, 3.63) is 0 Å². The van der Waals surface area contributed by atoms with Gasteiger partial charge in [-0.3, -0.25) is 0 Å². The van der Waals surface area contributed by atoms with Gasteiger partial charge in [-0.2, -0.15) is 0 Å². The molecule has 94 valence electrons. The Kier molecular flexibility index (Phi) is 5.64. The fraction of sp³-hybridized carbons (Fsp3) is 1.00. The molecule has 0 aliphatic carbocycles. The largest absolute Gasteiger partial charge is 0.303 e. The van der Waals surface area contributed by atoms with Crippen molar-refractivity contribution in [3.8, 4) is 0 Å². The van der Waals surface area contributed by atoms with Gasteiger partial charge in [0.05, 0.1) is 0 Å². The fourth-order valence-electron chi connectivity index (χ4n) is 3.04. The van der Waals surface area contributed by atoms with E-state index in [-0.39, 0.29) is 0 Å². The lowest BCUT2D eigenvalue weighted by Crippen LogP contribution is -2.33. The van der Waals surface area contributed by atoms with Gasteiger partial charge in [-0.25, -0.2) is 0 Å². The molecule has 2 heteroatoms. The first-order chi connectivity index (χ1) is 7.95. The van der Waals surface area contributed by atoms with Crippen molar-refractivity contribution in [1.29, 1.82) is 0 Å². The first-order valence-corrected chi connectivity index (χ1v) is 7.40. The second kappa shape index (κ2) is 7.29. The van der Waals surface area contributed by atoms with Crippen LogP contribution >= 0.6 is 0 Å². The van der Waals surface area contributed by atoms with Gasteiger partial charge in [-0.15, -0.1) is 0 Å². The highest BCUT2D eigenvalue weighted by atomic mass is 15.1. The Labute approximate surface area is 101 Å². The molecule has 0 aromatic carbocycles. The average molecular weight is 224 g/mol. The second-order valence-electron chi connectivity index (χ2n) is 5.51. The molecule has 2 nitrogen and oxygen atoms in total. The van der Waals surface area contributed by atoms with Crippen LogP contribution in [0.15, 0.2) is 0 Å². The van der Waals surface area contributed by atoms with Crippen LogP contribution in [0.1, 0.15) is 51.4 Å². The monoisotopic (exact) mass is 224 g/mol. The van der Waals surface area contributed by atoms with Crippen LogP contribution in [-0.4, -0.2) is 49.1 Å². The summed E-state index contributed by atoms with van der Waals surface area (Å²) in [6, 6.07) is 0. The zero-order valence-electron chi connectivity index (χ0n) is 10.8. The topological polar surface area (TPSA) is 6.48 Å². The zero-order chi connectivity index (χ0) is 11.1. The molecule has 0 amide bonds. The van der Waals surface area contributed by atoms with Crippen molar-refractivity contribution in [2.24, 2.45) is 0 Å². The van der Waals surface area contributed by atoms with Gasteiger partial charge in [0, 0.05) is 0 Å². The number of rotatable bonds is 5. The van der Waals surface area contributed by atoms with Gasteiger partial charge >= 0.3 is 0 Å². The molecule has 0 bridgehead atoms. The minimum absolute atomic E-state index is 1.36. The molecule has 0 atom stereocenters. The van der Waals surface area contributed by atoms with E-state index >= 15 is 0 Å². The quantitative estimate of drug-likeness (QED) is 0.663. The highest BCUT2D eigenvalue weighted by molar-refractivity contribution is 4.67. The lowest BCUT2D eigenvalue weighted by Gasteiger charge is -2.28. The normalized spacial score (nSPS) is 24.8. The molecule has 0 N–H and O–H groups in total. The van der Waals surface area contributed by atoms with Crippen molar-refractivity contribution in [3.63, 3.8) is 0 Å². The Hall–Kier alpha value is -0.0800. The molecule has 2 heterocycles. The van der Waals surface area contributed by atoms with Crippen molar-refractivity contribution >= 4 is 0 Å². The maximum Gasteiger partial charge on any atom is -0.00183 e. The first kappa shape index (κ1) is 12.4. The molecule has 0 aromatic heterocycles. The van der Waals surface area contributed by atoms with Gasteiger partial charge in [-0.1, -0.05) is 12.8 Å². The lowest BCUT2D eigenvalue weighted by atomic mass is 10.1. The smallest absolute Gasteiger partial charge is 0.00183 e. The second-order valence-corrected chi connectivity index (χ2v) is 5.51. The van der Waals surface area contributed by atoms with Crippen molar-refractivity contribution < 1.29 is 0 Å². The molecule has 2 saturated heterocycles. The summed E-state index contributed by atoms with van der Waals surface area (Å²) in [5.74, 6) is 0. The summed E-state index contributed by atoms with van der Waals surface area (Å²) in [4.78, 5) is 5.33. The van der Waals surface area contributed by atoms with Crippen LogP contribution in [0.5, 0.6) is 0 Å². The van der Waals surface area contributed by atoms with Crippen LogP contribution in [0.4, 0.5) is 0 Å². The number of hydrogen-bond acceptors (Lipinski definition) is 2. The van der Waals surface area contributed by atoms with E-state index in [4.69, 9.17) is 0 Å². The first-order valence-electron chi connectivity index (χ1n) is 7.40. The molecule has 2 aliphatic rings. The summed E-state index contributed by atoms with van der Waals surface area (Å²) in [5.41, 5.74) is 0. The van der Waals surface area contributed by atoms with Crippen LogP contribution in [-0.2, 0) is 0 Å². The van der Waals surface area contributed by atoms with Crippen LogP contribution in [0, 0.1) is 0 Å². The highest BCUT2D eigenvalue weighted by Gasteiger charge is 2.11. The number of nitrogens with zero attached hydrogens (tertiary/aromatic N) is 2. The van der Waals surface area contributed by atoms with Gasteiger partial charge in [0.1, 0.15) is 0 Å². The fourth-order valence-corrected chi connectivity index (χ4v) is 3.04. The molecule has 0 radical (unpaired) electrons. The van der Waals surface area contributed by atoms with Gasteiger partial charge < -0.3 is 9.80 Å². The van der Waals surface area contributed by atoms with Crippen LogP contribution < -0.4 is 0 Å². The molecule has 2 rings (SSSR count). The maximum atomic E-state index is 2.67. The third-order valence-electron chi connectivity index (χ3n) is 4.10. The Morgan fingerprint density at radius 2 is 0.875 bits per heavy atom. The van der Waals surface area contributed by atoms with Gasteiger partial charge in [0.15, 0.2) is 0 Å². The predicted octanol–water partition coefficient (Wildman–Crippen LogP) is 2.74. The van der Waals surface area contributed by atoms with E-state index in [0.29, 0.717) is 0 Å². The minimum Gasteiger partial charge on any atom is -0.303 e. The summed E-state index contributed by atoms with van der Waals surface area (Å²) in [6.45, 7) is 8.17. The molecule has 0 saturated carbocycles. The van der Waals surface area contributed by atoms with Crippen LogP contribution in [0.25, 0.3) is 0 Å². The zero-order valence-corrected chi connectivity index (χ0v) is 10.8.